The standard InChI is InChI=1S/C27H31N5O7/c1-30(2)15-5-6-16(33)17-13(15)9-26(11-32-8-7-29-12-32)10-14-20(31(3)4)22(35)18(25(28)38)23(36)27(14,39)24(37)19(26)21(17)34/h5-8,12,14,20,33-34,36,39H,9-11H2,1-4H3,(H2,28,38)/t14-,20-,26-,27+/m0/s1. The molecule has 3 aliphatic rings. The summed E-state index contributed by atoms with van der Waals surface area (Å²) in [6.07, 6.45) is 4.92. The summed E-state index contributed by atoms with van der Waals surface area (Å²) >= 11 is 0. The number of fused-ring (bicyclic) bond motifs is 3. The summed E-state index contributed by atoms with van der Waals surface area (Å²) in [5.41, 5.74) is 1.77. The number of imidazole rings is 1. The van der Waals surface area contributed by atoms with Gasteiger partial charge in [0.1, 0.15) is 22.8 Å². The highest BCUT2D eigenvalue weighted by molar-refractivity contribution is 6.24. The first-order valence-corrected chi connectivity index (χ1v) is 12.4. The Bertz CT molecular complexity index is 1480. The van der Waals surface area contributed by atoms with Crippen LogP contribution in [0.2, 0.25) is 0 Å². The number of hydrogen-bond donors (Lipinski definition) is 5. The van der Waals surface area contributed by atoms with Gasteiger partial charge in [-0.25, -0.2) is 4.98 Å². The fourth-order valence-corrected chi connectivity index (χ4v) is 6.76. The van der Waals surface area contributed by atoms with Gasteiger partial charge in [0, 0.05) is 55.6 Å². The Morgan fingerprint density at radius 2 is 1.87 bits per heavy atom. The van der Waals surface area contributed by atoms with E-state index in [1.54, 1.807) is 43.4 Å². The number of phenolic OH excluding ortho intramolecular Hbond substituents is 1. The van der Waals surface area contributed by atoms with Crippen LogP contribution in [0.5, 0.6) is 5.75 Å². The van der Waals surface area contributed by atoms with Gasteiger partial charge in [-0.1, -0.05) is 0 Å². The molecule has 206 valence electrons. The van der Waals surface area contributed by atoms with Crippen molar-refractivity contribution in [3.05, 3.63) is 58.9 Å². The maximum absolute atomic E-state index is 14.4. The summed E-state index contributed by atoms with van der Waals surface area (Å²) in [5, 5.41) is 45.5. The molecule has 0 bridgehead atoms. The number of aromatic hydroxyl groups is 1. The fraction of sp³-hybridized carbons (Fsp3) is 0.407. The minimum atomic E-state index is -2.72. The average Bonchev–Trinajstić information content (AvgIpc) is 3.33. The lowest BCUT2D eigenvalue weighted by Gasteiger charge is -2.55. The molecular formula is C27H31N5O7. The number of aliphatic hydroxyl groups excluding tert-OH is 2. The smallest absolute Gasteiger partial charge is 0.255 e. The number of carbonyl (C=O) groups excluding carboxylic acids is 3. The molecule has 12 nitrogen and oxygen atoms in total. The van der Waals surface area contributed by atoms with Gasteiger partial charge in [-0.3, -0.25) is 19.3 Å². The maximum Gasteiger partial charge on any atom is 0.255 e. The Kier molecular flexibility index (Phi) is 5.89. The van der Waals surface area contributed by atoms with Gasteiger partial charge >= 0.3 is 0 Å². The van der Waals surface area contributed by atoms with Crippen LogP contribution in [0.1, 0.15) is 17.5 Å². The maximum atomic E-state index is 14.4. The van der Waals surface area contributed by atoms with Gasteiger partial charge < -0.3 is 35.6 Å². The molecule has 12 heteroatoms. The van der Waals surface area contributed by atoms with Crippen molar-refractivity contribution in [3.8, 4) is 5.75 Å². The number of benzene rings is 1. The molecule has 2 aromatic rings. The zero-order valence-corrected chi connectivity index (χ0v) is 22.0. The molecule has 1 fully saturated rings. The fourth-order valence-electron chi connectivity index (χ4n) is 6.76. The monoisotopic (exact) mass is 537 g/mol. The summed E-state index contributed by atoms with van der Waals surface area (Å²) in [5.74, 6) is -6.27. The Morgan fingerprint density at radius 1 is 1.18 bits per heavy atom. The van der Waals surface area contributed by atoms with E-state index >= 15 is 0 Å². The van der Waals surface area contributed by atoms with Crippen molar-refractivity contribution in [3.63, 3.8) is 0 Å². The van der Waals surface area contributed by atoms with E-state index in [4.69, 9.17) is 5.73 Å². The highest BCUT2D eigenvalue weighted by Crippen LogP contribution is 2.59. The van der Waals surface area contributed by atoms with Crippen LogP contribution in [0.15, 0.2) is 47.8 Å². The first kappa shape index (κ1) is 26.4. The largest absolute Gasteiger partial charge is 0.508 e. The second-order valence-electron chi connectivity index (χ2n) is 11.0. The topological polar surface area (TPSA) is 182 Å². The lowest BCUT2D eigenvalue weighted by atomic mass is 9.51. The van der Waals surface area contributed by atoms with Crippen molar-refractivity contribution in [2.24, 2.45) is 17.1 Å². The van der Waals surface area contributed by atoms with Crippen LogP contribution in [-0.4, -0.2) is 92.2 Å². The number of anilines is 1. The summed E-state index contributed by atoms with van der Waals surface area (Å²) in [4.78, 5) is 47.5. The molecule has 0 unspecified atom stereocenters. The summed E-state index contributed by atoms with van der Waals surface area (Å²) < 4.78 is 1.73. The van der Waals surface area contributed by atoms with Gasteiger partial charge in [-0.15, -0.1) is 0 Å². The number of aliphatic hydroxyl groups is 3. The second-order valence-corrected chi connectivity index (χ2v) is 11.0. The van der Waals surface area contributed by atoms with Gasteiger partial charge in [-0.05, 0) is 44.6 Å². The molecule has 1 aromatic heterocycles. The zero-order chi connectivity index (χ0) is 28.6. The van der Waals surface area contributed by atoms with Crippen LogP contribution in [0.25, 0.3) is 5.76 Å². The number of primary amides is 1. The van der Waals surface area contributed by atoms with Crippen molar-refractivity contribution >= 4 is 28.9 Å². The van der Waals surface area contributed by atoms with Gasteiger partial charge in [0.2, 0.25) is 5.78 Å². The van der Waals surface area contributed by atoms with Crippen LogP contribution in [0, 0.1) is 11.3 Å². The molecular weight excluding hydrogens is 506 g/mol. The van der Waals surface area contributed by atoms with E-state index in [-0.39, 0.29) is 36.3 Å². The third-order valence-electron chi connectivity index (χ3n) is 8.33. The van der Waals surface area contributed by atoms with E-state index in [1.165, 1.54) is 11.0 Å². The van der Waals surface area contributed by atoms with Gasteiger partial charge in [0.15, 0.2) is 11.4 Å². The summed E-state index contributed by atoms with van der Waals surface area (Å²) in [7, 11) is 6.76. The number of Topliss-reactive ketones (excluding diaryl/α,β-unsaturated/α-hetero) is 2. The number of ketones is 2. The molecule has 0 spiro atoms. The Morgan fingerprint density at radius 3 is 2.44 bits per heavy atom. The SMILES string of the molecule is CN(C)c1ccc(O)c2c1C[C@@]1(Cn3ccnc3)C[C@H]3[C@H](N(C)C)C(=O)C(C(N)=O)=C(O)[C@@]3(O)C(=O)C1=C2O. The van der Waals surface area contributed by atoms with Crippen LogP contribution in [0.4, 0.5) is 5.69 Å². The van der Waals surface area contributed by atoms with Crippen LogP contribution in [-0.2, 0) is 27.3 Å². The lowest BCUT2D eigenvalue weighted by molar-refractivity contribution is -0.157. The number of nitrogens with zero attached hydrogens (tertiary/aromatic N) is 4. The average molecular weight is 538 g/mol. The third kappa shape index (κ3) is 3.51. The summed E-state index contributed by atoms with van der Waals surface area (Å²) in [6, 6.07) is 1.93. The number of nitrogens with two attached hydrogens (primary N) is 1. The number of phenols is 1. The molecule has 1 aromatic carbocycles. The number of likely N-dealkylation sites (N-methyl/N-ethyl adjacent to an activating group) is 1. The van der Waals surface area contributed by atoms with Gasteiger partial charge in [0.05, 0.1) is 17.9 Å². The van der Waals surface area contributed by atoms with Crippen LogP contribution >= 0.6 is 0 Å². The molecule has 3 aliphatic carbocycles. The zero-order valence-electron chi connectivity index (χ0n) is 22.0. The molecule has 0 aliphatic heterocycles. The lowest BCUT2D eigenvalue weighted by Crippen LogP contribution is -2.68. The van der Waals surface area contributed by atoms with Crippen molar-refractivity contribution in [2.45, 2.75) is 31.0 Å². The van der Waals surface area contributed by atoms with E-state index in [0.29, 0.717) is 11.3 Å². The Labute approximate surface area is 224 Å². The second kappa shape index (κ2) is 8.68. The van der Waals surface area contributed by atoms with Gasteiger partial charge in [0.25, 0.3) is 5.91 Å². The first-order chi connectivity index (χ1) is 18.3. The van der Waals surface area contributed by atoms with Crippen molar-refractivity contribution in [2.75, 3.05) is 33.1 Å². The van der Waals surface area contributed by atoms with E-state index in [9.17, 15) is 34.8 Å². The third-order valence-corrected chi connectivity index (χ3v) is 8.33. The highest BCUT2D eigenvalue weighted by atomic mass is 16.3. The molecule has 6 N–H and O–H groups in total. The van der Waals surface area contributed by atoms with Crippen molar-refractivity contribution in [1.29, 1.82) is 0 Å². The Balaban J connectivity index is 1.86. The van der Waals surface area contributed by atoms with E-state index < -0.39 is 57.5 Å². The minimum Gasteiger partial charge on any atom is -0.508 e. The van der Waals surface area contributed by atoms with E-state index in [0.717, 1.165) is 0 Å². The number of aromatic nitrogens is 2. The van der Waals surface area contributed by atoms with Crippen LogP contribution < -0.4 is 10.6 Å². The summed E-state index contributed by atoms with van der Waals surface area (Å²) in [6.45, 7) is 0.133. The normalized spacial score (nSPS) is 28.4. The van der Waals surface area contributed by atoms with Crippen molar-refractivity contribution < 1.29 is 34.8 Å². The number of hydrogen-bond acceptors (Lipinski definition) is 10. The van der Waals surface area contributed by atoms with E-state index in [1.807, 2.05) is 19.0 Å². The molecule has 1 amide bonds. The molecule has 0 saturated heterocycles. The van der Waals surface area contributed by atoms with Crippen molar-refractivity contribution in [1.82, 2.24) is 14.5 Å². The highest BCUT2D eigenvalue weighted by Gasteiger charge is 2.67. The predicted molar refractivity (Wildman–Crippen MR) is 140 cm³/mol. The molecule has 5 rings (SSSR count). The molecule has 0 radical (unpaired) electrons. The molecule has 39 heavy (non-hydrogen) atoms. The quantitative estimate of drug-likeness (QED) is 0.333. The molecule has 4 atom stereocenters. The number of rotatable bonds is 5. The Hall–Kier alpha value is -4.16. The predicted octanol–water partition coefficient (Wildman–Crippen LogP) is 0.297. The molecule has 1 heterocycles. The van der Waals surface area contributed by atoms with E-state index in [2.05, 4.69) is 4.98 Å². The first-order valence-electron chi connectivity index (χ1n) is 12.4. The molecule has 1 saturated carbocycles. The van der Waals surface area contributed by atoms with Gasteiger partial charge in [-0.2, -0.15) is 0 Å². The van der Waals surface area contributed by atoms with Crippen LogP contribution in [0.3, 0.4) is 0 Å². The number of amides is 1. The number of carbonyl (C=O) groups is 3. The minimum absolute atomic E-state index is 0.0422.